The molecule has 0 bridgehead atoms. The number of hydrogen-bond acceptors (Lipinski definition) is 5. The van der Waals surface area contributed by atoms with Crippen molar-refractivity contribution in [3.05, 3.63) is 35.9 Å². The SMILES string of the molecule is O=C1C[C@@H]2[C@@H](COCc3ccccc3)[C@H](OC3CCCCO3)[C@@H](I)[C@@H]2O1. The summed E-state index contributed by atoms with van der Waals surface area (Å²) >= 11 is 2.38. The van der Waals surface area contributed by atoms with E-state index < -0.39 is 0 Å². The molecule has 0 aromatic heterocycles. The first kappa shape index (κ1) is 18.7. The molecule has 2 aliphatic heterocycles. The fraction of sp³-hybridized carbons (Fsp3) is 0.650. The Morgan fingerprint density at radius 3 is 2.81 bits per heavy atom. The van der Waals surface area contributed by atoms with Crippen LogP contribution in [-0.4, -0.2) is 41.6 Å². The monoisotopic (exact) mass is 472 g/mol. The highest BCUT2D eigenvalue weighted by Gasteiger charge is 2.56. The topological polar surface area (TPSA) is 54.0 Å². The number of carbonyl (C=O) groups excluding carboxylic acids is 1. The van der Waals surface area contributed by atoms with Crippen molar-refractivity contribution in [2.75, 3.05) is 13.2 Å². The third-order valence-corrected chi connectivity index (χ3v) is 6.98. The lowest BCUT2D eigenvalue weighted by atomic mass is 9.93. The molecule has 2 heterocycles. The lowest BCUT2D eigenvalue weighted by molar-refractivity contribution is -0.198. The zero-order valence-electron chi connectivity index (χ0n) is 14.7. The molecular formula is C20H25IO5. The van der Waals surface area contributed by atoms with Crippen LogP contribution in [0.4, 0.5) is 0 Å². The van der Waals surface area contributed by atoms with E-state index >= 15 is 0 Å². The smallest absolute Gasteiger partial charge is 0.306 e. The Labute approximate surface area is 167 Å². The van der Waals surface area contributed by atoms with Crippen LogP contribution >= 0.6 is 22.6 Å². The number of carbonyl (C=O) groups is 1. The first-order valence-electron chi connectivity index (χ1n) is 9.44. The molecule has 1 aromatic rings. The summed E-state index contributed by atoms with van der Waals surface area (Å²) in [6, 6.07) is 10.2. The largest absolute Gasteiger partial charge is 0.461 e. The number of fused-ring (bicyclic) bond motifs is 1. The number of ether oxygens (including phenoxy) is 4. The molecular weight excluding hydrogens is 447 g/mol. The predicted molar refractivity (Wildman–Crippen MR) is 104 cm³/mol. The predicted octanol–water partition coefficient (Wildman–Crippen LogP) is 3.48. The van der Waals surface area contributed by atoms with Crippen molar-refractivity contribution in [3.63, 3.8) is 0 Å². The van der Waals surface area contributed by atoms with Gasteiger partial charge in [-0.05, 0) is 24.8 Å². The fourth-order valence-corrected chi connectivity index (χ4v) is 5.62. The lowest BCUT2D eigenvalue weighted by Crippen LogP contribution is -2.37. The third kappa shape index (κ3) is 4.08. The van der Waals surface area contributed by atoms with E-state index in [4.69, 9.17) is 18.9 Å². The first-order valence-corrected chi connectivity index (χ1v) is 10.7. The van der Waals surface area contributed by atoms with Gasteiger partial charge >= 0.3 is 5.97 Å². The fourth-order valence-electron chi connectivity index (χ4n) is 4.23. The summed E-state index contributed by atoms with van der Waals surface area (Å²) in [6.45, 7) is 1.91. The first-order chi connectivity index (χ1) is 12.7. The van der Waals surface area contributed by atoms with Gasteiger partial charge in [0.25, 0.3) is 0 Å². The van der Waals surface area contributed by atoms with Gasteiger partial charge in [-0.3, -0.25) is 4.79 Å². The van der Waals surface area contributed by atoms with E-state index in [-0.39, 0.29) is 40.2 Å². The Balaban J connectivity index is 1.41. The van der Waals surface area contributed by atoms with Gasteiger partial charge in [-0.25, -0.2) is 0 Å². The number of rotatable bonds is 6. The maximum atomic E-state index is 11.8. The van der Waals surface area contributed by atoms with E-state index in [2.05, 4.69) is 34.7 Å². The van der Waals surface area contributed by atoms with Gasteiger partial charge in [0, 0.05) is 18.4 Å². The van der Waals surface area contributed by atoms with E-state index in [1.54, 1.807) is 0 Å². The van der Waals surface area contributed by atoms with E-state index in [1.807, 2.05) is 18.2 Å². The highest BCUT2D eigenvalue weighted by atomic mass is 127. The Kier molecular flexibility index (Phi) is 6.13. The van der Waals surface area contributed by atoms with Crippen LogP contribution in [0.2, 0.25) is 0 Å². The van der Waals surface area contributed by atoms with Gasteiger partial charge in [-0.2, -0.15) is 0 Å². The van der Waals surface area contributed by atoms with E-state index in [0.29, 0.717) is 19.6 Å². The minimum absolute atomic E-state index is 0.00225. The molecule has 26 heavy (non-hydrogen) atoms. The zero-order valence-corrected chi connectivity index (χ0v) is 16.9. The van der Waals surface area contributed by atoms with Crippen molar-refractivity contribution in [3.8, 4) is 0 Å². The highest BCUT2D eigenvalue weighted by Crippen LogP contribution is 2.47. The molecule has 1 aliphatic carbocycles. The molecule has 3 fully saturated rings. The van der Waals surface area contributed by atoms with Crippen LogP contribution in [0, 0.1) is 11.8 Å². The third-order valence-electron chi connectivity index (χ3n) is 5.56. The maximum Gasteiger partial charge on any atom is 0.306 e. The van der Waals surface area contributed by atoms with Crippen LogP contribution in [0.3, 0.4) is 0 Å². The second kappa shape index (κ2) is 8.54. The van der Waals surface area contributed by atoms with Crippen LogP contribution in [0.5, 0.6) is 0 Å². The number of hydrogen-bond donors (Lipinski definition) is 0. The van der Waals surface area contributed by atoms with Gasteiger partial charge < -0.3 is 18.9 Å². The Bertz CT molecular complexity index is 603. The summed E-state index contributed by atoms with van der Waals surface area (Å²) < 4.78 is 23.9. The molecule has 1 aromatic carbocycles. The zero-order chi connectivity index (χ0) is 17.9. The minimum Gasteiger partial charge on any atom is -0.461 e. The lowest BCUT2D eigenvalue weighted by Gasteiger charge is -2.31. The van der Waals surface area contributed by atoms with Crippen molar-refractivity contribution >= 4 is 28.6 Å². The van der Waals surface area contributed by atoms with Crippen molar-refractivity contribution in [2.45, 2.75) is 54.7 Å². The van der Waals surface area contributed by atoms with Crippen LogP contribution in [0.1, 0.15) is 31.2 Å². The maximum absolute atomic E-state index is 11.8. The van der Waals surface area contributed by atoms with Crippen molar-refractivity contribution in [1.82, 2.24) is 0 Å². The summed E-state index contributed by atoms with van der Waals surface area (Å²) in [5.41, 5.74) is 1.15. The number of halogens is 1. The van der Waals surface area contributed by atoms with E-state index in [1.165, 1.54) is 0 Å². The second-order valence-electron chi connectivity index (χ2n) is 7.33. The summed E-state index contributed by atoms with van der Waals surface area (Å²) in [4.78, 5) is 11.8. The Morgan fingerprint density at radius 2 is 2.04 bits per heavy atom. The van der Waals surface area contributed by atoms with Gasteiger partial charge in [0.1, 0.15) is 6.10 Å². The summed E-state index contributed by atoms with van der Waals surface area (Å²) in [7, 11) is 0. The van der Waals surface area contributed by atoms with E-state index in [9.17, 15) is 4.79 Å². The van der Waals surface area contributed by atoms with Gasteiger partial charge in [0.15, 0.2) is 6.29 Å². The molecule has 4 rings (SSSR count). The molecule has 1 saturated carbocycles. The molecule has 1 unspecified atom stereocenters. The van der Waals surface area contributed by atoms with Gasteiger partial charge in [-0.15, -0.1) is 0 Å². The van der Waals surface area contributed by atoms with Crippen LogP contribution < -0.4 is 0 Å². The van der Waals surface area contributed by atoms with Crippen molar-refractivity contribution in [1.29, 1.82) is 0 Å². The molecule has 0 spiro atoms. The Hall–Kier alpha value is -0.700. The van der Waals surface area contributed by atoms with Crippen molar-refractivity contribution < 1.29 is 23.7 Å². The standard InChI is InChI=1S/C20H25IO5/c21-18-19-14(10-16(22)25-19)15(12-23-11-13-6-2-1-3-7-13)20(18)26-17-8-4-5-9-24-17/h1-3,6-7,14-15,17-20H,4-5,8-12H2/t14-,15-,17?,18+,19-,20+/m1/s1. The molecule has 6 atom stereocenters. The molecule has 5 nitrogen and oxygen atoms in total. The Morgan fingerprint density at radius 1 is 1.19 bits per heavy atom. The number of esters is 1. The van der Waals surface area contributed by atoms with Gasteiger partial charge in [0.05, 0.1) is 29.7 Å². The normalized spacial score (nSPS) is 36.7. The minimum atomic E-state index is -0.142. The summed E-state index contributed by atoms with van der Waals surface area (Å²) in [6.07, 6.45) is 3.43. The highest BCUT2D eigenvalue weighted by molar-refractivity contribution is 14.1. The average Bonchev–Trinajstić information content (AvgIpc) is 3.15. The van der Waals surface area contributed by atoms with E-state index in [0.717, 1.165) is 31.4 Å². The van der Waals surface area contributed by atoms with Crippen molar-refractivity contribution in [2.24, 2.45) is 11.8 Å². The molecule has 3 aliphatic rings. The number of benzene rings is 1. The summed E-state index contributed by atoms with van der Waals surface area (Å²) in [5, 5.41) is 0. The average molecular weight is 472 g/mol. The number of alkyl halides is 1. The van der Waals surface area contributed by atoms with Crippen LogP contribution in [-0.2, 0) is 30.3 Å². The van der Waals surface area contributed by atoms with Gasteiger partial charge in [-0.1, -0.05) is 52.9 Å². The second-order valence-corrected chi connectivity index (χ2v) is 8.77. The molecule has 0 amide bonds. The molecule has 2 saturated heterocycles. The molecule has 0 N–H and O–H groups in total. The van der Waals surface area contributed by atoms with Crippen LogP contribution in [0.15, 0.2) is 30.3 Å². The van der Waals surface area contributed by atoms with Crippen LogP contribution in [0.25, 0.3) is 0 Å². The molecule has 6 heteroatoms. The molecule has 0 radical (unpaired) electrons. The summed E-state index contributed by atoms with van der Waals surface area (Å²) in [5.74, 6) is 0.235. The molecule has 142 valence electrons. The quantitative estimate of drug-likeness (QED) is 0.361. The van der Waals surface area contributed by atoms with Gasteiger partial charge in [0.2, 0.25) is 0 Å².